The molecule has 33 heavy (non-hydrogen) atoms. The molecule has 0 unspecified atom stereocenters. The third-order valence-electron chi connectivity index (χ3n) is 6.20. The highest BCUT2D eigenvalue weighted by molar-refractivity contribution is 14.2. The predicted octanol–water partition coefficient (Wildman–Crippen LogP) is 9.74. The molecule has 0 saturated carbocycles. The van der Waals surface area contributed by atoms with Gasteiger partial charge in [-0.3, -0.25) is 0 Å². The average Bonchev–Trinajstić information content (AvgIpc) is 2.78. The normalized spacial score (nSPS) is 13.7. The molecule has 0 aromatic heterocycles. The molecule has 0 aliphatic heterocycles. The van der Waals surface area contributed by atoms with Crippen LogP contribution in [0.15, 0.2) is 71.8 Å². The SMILES string of the molecule is C=C(C)C(=C\c1cc(C)ccc1C)/C(=C/C(C)=C\C)c1ccc(CCCC(C)=IC)cc1C. The van der Waals surface area contributed by atoms with Crippen molar-refractivity contribution in [2.24, 2.45) is 0 Å². The molecule has 0 N–H and O–H groups in total. The number of hydrogen-bond donors (Lipinski definition) is 0. The lowest BCUT2D eigenvalue weighted by Gasteiger charge is -2.18. The van der Waals surface area contributed by atoms with Gasteiger partial charge >= 0.3 is 0 Å². The Morgan fingerprint density at radius 3 is 2.30 bits per heavy atom. The quantitative estimate of drug-likeness (QED) is 0.165. The van der Waals surface area contributed by atoms with Crippen molar-refractivity contribution in [1.82, 2.24) is 0 Å². The monoisotopic (exact) mass is 552 g/mol. The van der Waals surface area contributed by atoms with Gasteiger partial charge < -0.3 is 0 Å². The maximum Gasteiger partial charge on any atom is -0.0104 e. The largest absolute Gasteiger partial charge is 0.127 e. The summed E-state index contributed by atoms with van der Waals surface area (Å²) in [7, 11) is 0. The molecule has 0 aliphatic carbocycles. The van der Waals surface area contributed by atoms with Crippen LogP contribution in [0.4, 0.5) is 0 Å². The molecule has 0 bridgehead atoms. The Morgan fingerprint density at radius 1 is 0.970 bits per heavy atom. The van der Waals surface area contributed by atoms with Crippen molar-refractivity contribution in [1.29, 1.82) is 0 Å². The number of hydrogen-bond acceptors (Lipinski definition) is 0. The Bertz CT molecular complexity index is 1120. The minimum atomic E-state index is 0.280. The van der Waals surface area contributed by atoms with Crippen LogP contribution >= 0.6 is 20.7 Å². The van der Waals surface area contributed by atoms with Crippen molar-refractivity contribution in [3.05, 3.63) is 105 Å². The summed E-state index contributed by atoms with van der Waals surface area (Å²) in [6.07, 6.45) is 10.5. The van der Waals surface area contributed by atoms with Crippen molar-refractivity contribution >= 4 is 35.9 Å². The summed E-state index contributed by atoms with van der Waals surface area (Å²) in [5.74, 6) is 0. The molecule has 0 spiro atoms. The first-order valence-electron chi connectivity index (χ1n) is 11.9. The van der Waals surface area contributed by atoms with Crippen LogP contribution < -0.4 is 0 Å². The fraction of sp³-hybridized carbons (Fsp3) is 0.344. The molecule has 0 amide bonds. The molecule has 0 aliphatic rings. The molecule has 2 aromatic carbocycles. The number of allylic oxidation sites excluding steroid dienone is 6. The van der Waals surface area contributed by atoms with Gasteiger partial charge in [-0.2, -0.15) is 0 Å². The van der Waals surface area contributed by atoms with E-state index in [4.69, 9.17) is 0 Å². The summed E-state index contributed by atoms with van der Waals surface area (Å²) in [5.41, 5.74) is 12.7. The van der Waals surface area contributed by atoms with Gasteiger partial charge in [0.25, 0.3) is 0 Å². The van der Waals surface area contributed by atoms with E-state index in [-0.39, 0.29) is 20.7 Å². The van der Waals surface area contributed by atoms with Crippen LogP contribution in [0.2, 0.25) is 0 Å². The second-order valence-electron chi connectivity index (χ2n) is 9.16. The molecule has 0 heterocycles. The molecule has 2 aromatic rings. The average molecular weight is 553 g/mol. The van der Waals surface area contributed by atoms with Gasteiger partial charge in [-0.05, 0) is 121 Å². The highest BCUT2D eigenvalue weighted by atomic mass is 127. The zero-order valence-corrected chi connectivity index (χ0v) is 24.1. The zero-order valence-electron chi connectivity index (χ0n) is 21.9. The van der Waals surface area contributed by atoms with Gasteiger partial charge in [-0.1, -0.05) is 71.8 Å². The summed E-state index contributed by atoms with van der Waals surface area (Å²) in [6.45, 7) is 19.7. The van der Waals surface area contributed by atoms with Gasteiger partial charge in [0, 0.05) is 0 Å². The maximum absolute atomic E-state index is 4.37. The molecule has 1 heteroatoms. The van der Waals surface area contributed by atoms with E-state index in [0.29, 0.717) is 0 Å². The second-order valence-corrected chi connectivity index (χ2v) is 12.1. The predicted molar refractivity (Wildman–Crippen MR) is 161 cm³/mol. The van der Waals surface area contributed by atoms with Gasteiger partial charge in [0.15, 0.2) is 0 Å². The van der Waals surface area contributed by atoms with Crippen LogP contribution in [-0.4, -0.2) is 8.44 Å². The lowest BCUT2D eigenvalue weighted by Crippen LogP contribution is -1.98. The Balaban J connectivity index is 2.55. The van der Waals surface area contributed by atoms with Gasteiger partial charge in [0.1, 0.15) is 0 Å². The number of alkyl halides is 1. The van der Waals surface area contributed by atoms with E-state index in [2.05, 4.69) is 115 Å². The van der Waals surface area contributed by atoms with Crippen LogP contribution in [0, 0.1) is 20.8 Å². The molecule has 0 nitrogen and oxygen atoms in total. The van der Waals surface area contributed by atoms with Crippen molar-refractivity contribution in [2.75, 3.05) is 4.93 Å². The second kappa shape index (κ2) is 13.0. The number of rotatable bonds is 9. The van der Waals surface area contributed by atoms with Crippen molar-refractivity contribution in [3.8, 4) is 0 Å². The van der Waals surface area contributed by atoms with E-state index in [1.165, 1.54) is 62.9 Å². The topological polar surface area (TPSA) is 0 Å². The van der Waals surface area contributed by atoms with E-state index in [0.717, 1.165) is 12.0 Å². The Kier molecular flexibility index (Phi) is 10.8. The molecule has 2 rings (SSSR count). The third-order valence-corrected chi connectivity index (χ3v) is 8.58. The zero-order chi connectivity index (χ0) is 24.5. The number of halogens is 1. The van der Waals surface area contributed by atoms with E-state index in [1.54, 1.807) is 3.51 Å². The summed E-state index contributed by atoms with van der Waals surface area (Å²) in [6, 6.07) is 13.7. The summed E-state index contributed by atoms with van der Waals surface area (Å²) in [4.78, 5) is 2.36. The van der Waals surface area contributed by atoms with Crippen LogP contribution in [0.25, 0.3) is 11.6 Å². The van der Waals surface area contributed by atoms with E-state index >= 15 is 0 Å². The summed E-state index contributed by atoms with van der Waals surface area (Å²) >= 11 is 0.280. The van der Waals surface area contributed by atoms with Crippen molar-refractivity contribution in [3.63, 3.8) is 0 Å². The van der Waals surface area contributed by atoms with Crippen LogP contribution in [0.1, 0.15) is 73.9 Å². The molecule has 176 valence electrons. The van der Waals surface area contributed by atoms with Gasteiger partial charge in [0.05, 0.1) is 0 Å². The molecule has 0 atom stereocenters. The lowest BCUT2D eigenvalue weighted by atomic mass is 9.86. The molecule has 0 radical (unpaired) electrons. The van der Waals surface area contributed by atoms with Gasteiger partial charge in [-0.15, -0.1) is 20.7 Å². The Labute approximate surface area is 213 Å². The smallest absolute Gasteiger partial charge is 0.0104 e. The number of benzene rings is 2. The Morgan fingerprint density at radius 2 is 1.70 bits per heavy atom. The highest BCUT2D eigenvalue weighted by Gasteiger charge is 2.13. The molecular weight excluding hydrogens is 511 g/mol. The minimum absolute atomic E-state index is 0.280. The first-order valence-corrected chi connectivity index (χ1v) is 15.1. The minimum Gasteiger partial charge on any atom is -0.127 e. The molecular formula is C32H41I. The molecule has 0 saturated heterocycles. The summed E-state index contributed by atoms with van der Waals surface area (Å²) in [5, 5.41) is 0. The first kappa shape index (κ1) is 27.2. The fourth-order valence-corrected chi connectivity index (χ4v) is 4.85. The first-order chi connectivity index (χ1) is 15.7. The standard InChI is InChI=1S/C32H41I/c1-10-23(4)19-32(31(22(2)3)21-29-18-24(5)14-15-25(29)6)30-17-16-28(20-26(30)7)13-11-12-27(8)33-9/h10,14-21H,2,11-13H2,1,3-9H3/b23-10-,31-21+,32-19+. The van der Waals surface area contributed by atoms with Crippen LogP contribution in [0.5, 0.6) is 0 Å². The molecule has 0 fully saturated rings. The van der Waals surface area contributed by atoms with Crippen molar-refractivity contribution < 1.29 is 0 Å². The van der Waals surface area contributed by atoms with E-state index in [9.17, 15) is 0 Å². The third kappa shape index (κ3) is 8.07. The Hall–Kier alpha value is -2.00. The summed E-state index contributed by atoms with van der Waals surface area (Å²) < 4.78 is 1.71. The van der Waals surface area contributed by atoms with E-state index in [1.807, 2.05) is 0 Å². The van der Waals surface area contributed by atoms with Gasteiger partial charge in [-0.25, -0.2) is 0 Å². The van der Waals surface area contributed by atoms with Crippen molar-refractivity contribution in [2.45, 2.75) is 67.7 Å². The maximum atomic E-state index is 4.37. The fourth-order valence-electron chi connectivity index (χ4n) is 3.93. The van der Waals surface area contributed by atoms with Crippen LogP contribution in [0.3, 0.4) is 0 Å². The lowest BCUT2D eigenvalue weighted by molar-refractivity contribution is 0.869. The highest BCUT2D eigenvalue weighted by Crippen LogP contribution is 2.34. The van der Waals surface area contributed by atoms with E-state index < -0.39 is 0 Å². The van der Waals surface area contributed by atoms with Crippen LogP contribution in [-0.2, 0) is 6.42 Å². The van der Waals surface area contributed by atoms with Gasteiger partial charge in [0.2, 0.25) is 0 Å². The number of aryl methyl sites for hydroxylation is 4.